The molecule has 2 atom stereocenters. The normalized spacial score (nSPS) is 33.4. The lowest BCUT2D eigenvalue weighted by molar-refractivity contribution is -0.142. The molecule has 2 heterocycles. The number of methoxy groups -OCH3 is 1. The predicted molar refractivity (Wildman–Crippen MR) is 75.3 cm³/mol. The fourth-order valence-electron chi connectivity index (χ4n) is 3.84. The predicted octanol–water partition coefficient (Wildman–Crippen LogP) is 0.469. The van der Waals surface area contributed by atoms with Crippen LogP contribution in [0.3, 0.4) is 0 Å². The van der Waals surface area contributed by atoms with E-state index in [4.69, 9.17) is 4.74 Å². The molecule has 20 heavy (non-hydrogen) atoms. The number of ether oxygens (including phenoxy) is 1. The summed E-state index contributed by atoms with van der Waals surface area (Å²) in [4.78, 5) is 16.6. The number of likely N-dealkylation sites (tertiary alicyclic amines) is 2. The number of hydrogen-bond acceptors (Lipinski definition) is 4. The topological polar surface area (TPSA) is 53.0 Å². The van der Waals surface area contributed by atoms with Gasteiger partial charge >= 0.3 is 0 Å². The molecule has 0 unspecified atom stereocenters. The lowest BCUT2D eigenvalue weighted by Crippen LogP contribution is -2.57. The molecule has 3 rings (SSSR count). The van der Waals surface area contributed by atoms with Crippen molar-refractivity contribution in [1.82, 2.24) is 9.80 Å². The smallest absolute Gasteiger partial charge is 0.228 e. The van der Waals surface area contributed by atoms with E-state index in [1.165, 1.54) is 32.1 Å². The Hall–Kier alpha value is -0.650. The molecule has 3 fully saturated rings. The number of aliphatic hydroxyl groups is 1. The summed E-state index contributed by atoms with van der Waals surface area (Å²) in [5.74, 6) is 0.343. The van der Waals surface area contributed by atoms with Gasteiger partial charge in [0, 0.05) is 39.3 Å². The molecular formula is C15H26N2O3. The molecule has 0 bridgehead atoms. The second kappa shape index (κ2) is 6.00. The number of nitrogens with zero attached hydrogens (tertiary/aromatic N) is 2. The third-order valence-corrected chi connectivity index (χ3v) is 5.20. The molecule has 2 saturated heterocycles. The molecule has 0 aromatic carbocycles. The summed E-state index contributed by atoms with van der Waals surface area (Å²) < 4.78 is 5.20. The first-order chi connectivity index (χ1) is 9.69. The third kappa shape index (κ3) is 2.71. The Kier molecular flexibility index (Phi) is 4.29. The van der Waals surface area contributed by atoms with Crippen molar-refractivity contribution in [1.29, 1.82) is 0 Å². The van der Waals surface area contributed by atoms with E-state index in [2.05, 4.69) is 4.90 Å². The third-order valence-electron chi connectivity index (χ3n) is 5.20. The Morgan fingerprint density at radius 1 is 1.10 bits per heavy atom. The summed E-state index contributed by atoms with van der Waals surface area (Å²) in [5.41, 5.74) is 0. The number of carbonyl (C=O) groups excluding carboxylic acids is 1. The van der Waals surface area contributed by atoms with Crippen LogP contribution >= 0.6 is 0 Å². The summed E-state index contributed by atoms with van der Waals surface area (Å²) in [6.07, 6.45) is 5.91. The molecule has 3 aliphatic rings. The highest BCUT2D eigenvalue weighted by atomic mass is 16.5. The summed E-state index contributed by atoms with van der Waals surface area (Å²) >= 11 is 0. The minimum atomic E-state index is -0.529. The largest absolute Gasteiger partial charge is 0.388 e. The highest BCUT2D eigenvalue weighted by Gasteiger charge is 2.42. The van der Waals surface area contributed by atoms with Crippen molar-refractivity contribution >= 4 is 5.91 Å². The van der Waals surface area contributed by atoms with Crippen LogP contribution in [0, 0.1) is 5.92 Å². The van der Waals surface area contributed by atoms with Crippen molar-refractivity contribution in [3.05, 3.63) is 0 Å². The summed E-state index contributed by atoms with van der Waals surface area (Å²) in [7, 11) is 1.59. The molecule has 1 N–H and O–H groups in total. The van der Waals surface area contributed by atoms with Gasteiger partial charge in [0.15, 0.2) is 0 Å². The number of aliphatic hydroxyl groups excluding tert-OH is 1. The van der Waals surface area contributed by atoms with Gasteiger partial charge in [0.2, 0.25) is 5.91 Å². The molecule has 5 nitrogen and oxygen atoms in total. The van der Waals surface area contributed by atoms with Crippen LogP contribution in [-0.2, 0) is 9.53 Å². The number of amides is 1. The van der Waals surface area contributed by atoms with E-state index in [0.717, 1.165) is 13.1 Å². The zero-order chi connectivity index (χ0) is 14.1. The van der Waals surface area contributed by atoms with E-state index >= 15 is 0 Å². The van der Waals surface area contributed by atoms with Crippen LogP contribution in [0.4, 0.5) is 0 Å². The molecule has 0 aromatic heterocycles. The first-order valence-electron chi connectivity index (χ1n) is 7.92. The molecule has 1 saturated carbocycles. The zero-order valence-corrected chi connectivity index (χ0v) is 12.3. The van der Waals surface area contributed by atoms with Gasteiger partial charge < -0.3 is 14.7 Å². The first-order valence-corrected chi connectivity index (χ1v) is 7.92. The van der Waals surface area contributed by atoms with Gasteiger partial charge in [-0.3, -0.25) is 9.69 Å². The van der Waals surface area contributed by atoms with Crippen molar-refractivity contribution in [2.75, 3.05) is 33.3 Å². The van der Waals surface area contributed by atoms with Gasteiger partial charge in [-0.15, -0.1) is 0 Å². The second-order valence-electron chi connectivity index (χ2n) is 6.53. The Bertz CT molecular complexity index is 351. The Morgan fingerprint density at radius 2 is 1.80 bits per heavy atom. The van der Waals surface area contributed by atoms with Crippen LogP contribution in [0.2, 0.25) is 0 Å². The van der Waals surface area contributed by atoms with E-state index in [9.17, 15) is 9.90 Å². The van der Waals surface area contributed by atoms with Gasteiger partial charge in [-0.05, 0) is 12.8 Å². The molecule has 1 amide bonds. The van der Waals surface area contributed by atoms with Crippen molar-refractivity contribution in [3.63, 3.8) is 0 Å². The second-order valence-corrected chi connectivity index (χ2v) is 6.53. The van der Waals surface area contributed by atoms with Crippen molar-refractivity contribution in [2.24, 2.45) is 5.92 Å². The van der Waals surface area contributed by atoms with Crippen LogP contribution in [-0.4, -0.2) is 72.4 Å². The first kappa shape index (κ1) is 14.3. The van der Waals surface area contributed by atoms with E-state index in [-0.39, 0.29) is 17.9 Å². The maximum Gasteiger partial charge on any atom is 0.228 e. The molecule has 5 heteroatoms. The quantitative estimate of drug-likeness (QED) is 0.817. The number of carbonyl (C=O) groups is 1. The van der Waals surface area contributed by atoms with Crippen LogP contribution in [0.25, 0.3) is 0 Å². The minimum Gasteiger partial charge on any atom is -0.388 e. The van der Waals surface area contributed by atoms with Gasteiger partial charge in [0.25, 0.3) is 0 Å². The number of rotatable bonds is 3. The van der Waals surface area contributed by atoms with E-state index in [1.807, 2.05) is 0 Å². The zero-order valence-electron chi connectivity index (χ0n) is 12.3. The average molecular weight is 282 g/mol. The van der Waals surface area contributed by atoms with E-state index < -0.39 is 6.10 Å². The fourth-order valence-corrected chi connectivity index (χ4v) is 3.84. The van der Waals surface area contributed by atoms with Crippen molar-refractivity contribution in [3.8, 4) is 0 Å². The van der Waals surface area contributed by atoms with Gasteiger partial charge in [-0.25, -0.2) is 0 Å². The molecule has 114 valence electrons. The average Bonchev–Trinajstić information content (AvgIpc) is 2.79. The Morgan fingerprint density at radius 3 is 2.40 bits per heavy atom. The molecule has 0 radical (unpaired) electrons. The van der Waals surface area contributed by atoms with Crippen molar-refractivity contribution < 1.29 is 14.6 Å². The standard InChI is InChI=1S/C15H26N2O3/c1-20-14-10-17(9-13(14)18)15(19)11-7-16(8-11)12-5-3-2-4-6-12/h11-14,18H,2-10H2,1H3/t13-,14-/m1/s1. The summed E-state index contributed by atoms with van der Waals surface area (Å²) in [5, 5.41) is 9.81. The van der Waals surface area contributed by atoms with Crippen LogP contribution in [0.1, 0.15) is 32.1 Å². The number of β-amino-alcohol motifs (C(OH)–C–C–N with tert-alkyl or cyclic N) is 1. The Labute approximate surface area is 120 Å². The van der Waals surface area contributed by atoms with E-state index in [0.29, 0.717) is 19.1 Å². The lowest BCUT2D eigenvalue weighted by Gasteiger charge is -2.45. The van der Waals surface area contributed by atoms with Crippen LogP contribution in [0.15, 0.2) is 0 Å². The molecule has 2 aliphatic heterocycles. The minimum absolute atomic E-state index is 0.139. The SMILES string of the molecule is CO[C@@H]1CN(C(=O)C2CN(C3CCCCC3)C2)C[C@H]1O. The van der Waals surface area contributed by atoms with Crippen LogP contribution < -0.4 is 0 Å². The molecule has 1 aliphatic carbocycles. The highest BCUT2D eigenvalue weighted by molar-refractivity contribution is 5.80. The number of hydrogen-bond donors (Lipinski definition) is 1. The maximum absolute atomic E-state index is 12.4. The monoisotopic (exact) mass is 282 g/mol. The molecular weight excluding hydrogens is 256 g/mol. The summed E-state index contributed by atoms with van der Waals surface area (Å²) in [6, 6.07) is 0.712. The molecule has 0 aromatic rings. The lowest BCUT2D eigenvalue weighted by atomic mass is 9.88. The molecule has 0 spiro atoms. The van der Waals surface area contributed by atoms with E-state index in [1.54, 1.807) is 12.0 Å². The fraction of sp³-hybridized carbons (Fsp3) is 0.933. The highest BCUT2D eigenvalue weighted by Crippen LogP contribution is 2.30. The van der Waals surface area contributed by atoms with Crippen molar-refractivity contribution in [2.45, 2.75) is 50.4 Å². The summed E-state index contributed by atoms with van der Waals surface area (Å²) in [6.45, 7) is 2.79. The maximum atomic E-state index is 12.4. The van der Waals surface area contributed by atoms with Gasteiger partial charge in [-0.1, -0.05) is 19.3 Å². The van der Waals surface area contributed by atoms with Crippen LogP contribution in [0.5, 0.6) is 0 Å². The van der Waals surface area contributed by atoms with Gasteiger partial charge in [0.05, 0.1) is 12.0 Å². The van der Waals surface area contributed by atoms with Gasteiger partial charge in [0.1, 0.15) is 6.10 Å². The Balaban J connectivity index is 1.46. The van der Waals surface area contributed by atoms with Gasteiger partial charge in [-0.2, -0.15) is 0 Å².